The molecule has 5 heteroatoms. The second kappa shape index (κ2) is 8.15. The van der Waals surface area contributed by atoms with Crippen LogP contribution in [0.2, 0.25) is 0 Å². The van der Waals surface area contributed by atoms with Crippen LogP contribution >= 0.6 is 0 Å². The summed E-state index contributed by atoms with van der Waals surface area (Å²) in [6.45, 7) is 3.89. The number of phenolic OH excluding ortho intramolecular Hbond substituents is 1. The number of aliphatic hydroxyl groups excluding tert-OH is 1. The van der Waals surface area contributed by atoms with Gasteiger partial charge in [0, 0.05) is 6.04 Å². The van der Waals surface area contributed by atoms with Crippen LogP contribution in [0.3, 0.4) is 0 Å². The minimum atomic E-state index is -0.101. The molecular weight excluding hydrogens is 282 g/mol. The molecule has 0 spiro atoms. The molecule has 1 aliphatic heterocycles. The fraction of sp³-hybridized carbons (Fsp3) is 0.588. The number of rotatable bonds is 6. The average molecular weight is 307 g/mol. The number of ether oxygens (including phenoxy) is 1. The number of likely N-dealkylation sites (tertiary alicyclic amines) is 1. The lowest BCUT2D eigenvalue weighted by atomic mass is 9.94. The smallest absolute Gasteiger partial charge is 0.309 e. The van der Waals surface area contributed by atoms with Crippen molar-refractivity contribution in [3.63, 3.8) is 0 Å². The van der Waals surface area contributed by atoms with E-state index in [1.807, 2.05) is 19.1 Å². The average Bonchev–Trinajstić information content (AvgIpc) is 2.53. The molecule has 0 saturated carbocycles. The molecule has 1 heterocycles. The van der Waals surface area contributed by atoms with Crippen molar-refractivity contribution in [3.8, 4) is 5.75 Å². The maximum atomic E-state index is 11.8. The Morgan fingerprint density at radius 3 is 2.73 bits per heavy atom. The van der Waals surface area contributed by atoms with E-state index in [4.69, 9.17) is 4.74 Å². The highest BCUT2D eigenvalue weighted by Gasteiger charge is 2.29. The minimum Gasteiger partial charge on any atom is -0.508 e. The number of aromatic hydroxyl groups is 1. The molecule has 1 aromatic rings. The topological polar surface area (TPSA) is 70.0 Å². The van der Waals surface area contributed by atoms with Crippen molar-refractivity contribution in [2.24, 2.45) is 5.92 Å². The molecule has 0 aromatic heterocycles. The van der Waals surface area contributed by atoms with Crippen molar-refractivity contribution in [2.45, 2.75) is 32.2 Å². The van der Waals surface area contributed by atoms with Crippen molar-refractivity contribution in [3.05, 3.63) is 29.8 Å². The van der Waals surface area contributed by atoms with Gasteiger partial charge in [-0.1, -0.05) is 12.1 Å². The highest BCUT2D eigenvalue weighted by molar-refractivity contribution is 5.72. The summed E-state index contributed by atoms with van der Waals surface area (Å²) in [7, 11) is 0. The molecule has 1 unspecified atom stereocenters. The van der Waals surface area contributed by atoms with E-state index in [1.54, 1.807) is 12.1 Å². The first kappa shape index (κ1) is 16.8. The van der Waals surface area contributed by atoms with Crippen molar-refractivity contribution in [2.75, 3.05) is 26.3 Å². The Morgan fingerprint density at radius 1 is 1.41 bits per heavy atom. The number of carbonyl (C=O) groups excluding carboxylic acids is 1. The summed E-state index contributed by atoms with van der Waals surface area (Å²) in [5, 5.41) is 19.2. The molecule has 2 rings (SSSR count). The lowest BCUT2D eigenvalue weighted by Gasteiger charge is -2.36. The van der Waals surface area contributed by atoms with E-state index < -0.39 is 0 Å². The fourth-order valence-electron chi connectivity index (χ4n) is 3.03. The predicted molar refractivity (Wildman–Crippen MR) is 83.6 cm³/mol. The standard InChI is InChI=1S/C17H25NO4/c1-2-22-17(21)14-6-8-18(9-7-14)15(12-19)10-13-4-3-5-16(20)11-13/h3-5,11,14-15,19-20H,2,6-10,12H2,1H3. The van der Waals surface area contributed by atoms with Crippen molar-refractivity contribution >= 4 is 5.97 Å². The summed E-state index contributed by atoms with van der Waals surface area (Å²) in [5.41, 5.74) is 1.01. The summed E-state index contributed by atoms with van der Waals surface area (Å²) in [4.78, 5) is 14.0. The first-order valence-corrected chi connectivity index (χ1v) is 7.93. The van der Waals surface area contributed by atoms with Crippen LogP contribution in [0.15, 0.2) is 24.3 Å². The third kappa shape index (κ3) is 4.45. The van der Waals surface area contributed by atoms with Gasteiger partial charge in [0.1, 0.15) is 5.75 Å². The van der Waals surface area contributed by atoms with E-state index in [0.29, 0.717) is 13.0 Å². The second-order valence-corrected chi connectivity index (χ2v) is 5.77. The molecule has 0 aliphatic carbocycles. The number of benzene rings is 1. The number of hydrogen-bond acceptors (Lipinski definition) is 5. The van der Waals surface area contributed by atoms with Gasteiger partial charge in [0.2, 0.25) is 0 Å². The normalized spacial score (nSPS) is 18.1. The molecular formula is C17H25NO4. The van der Waals surface area contributed by atoms with Gasteiger partial charge in [-0.2, -0.15) is 0 Å². The SMILES string of the molecule is CCOC(=O)C1CCN(C(CO)Cc2cccc(O)c2)CC1. The monoisotopic (exact) mass is 307 g/mol. The Balaban J connectivity index is 1.89. The largest absolute Gasteiger partial charge is 0.508 e. The number of nitrogens with zero attached hydrogens (tertiary/aromatic N) is 1. The second-order valence-electron chi connectivity index (χ2n) is 5.77. The van der Waals surface area contributed by atoms with E-state index in [0.717, 1.165) is 31.5 Å². The van der Waals surface area contributed by atoms with Gasteiger partial charge in [-0.3, -0.25) is 9.69 Å². The number of piperidine rings is 1. The lowest BCUT2D eigenvalue weighted by Crippen LogP contribution is -2.45. The van der Waals surface area contributed by atoms with Gasteiger partial charge >= 0.3 is 5.97 Å². The van der Waals surface area contributed by atoms with Gasteiger partial charge in [0.05, 0.1) is 19.1 Å². The van der Waals surface area contributed by atoms with Crippen LogP contribution in [-0.4, -0.2) is 53.4 Å². The maximum absolute atomic E-state index is 11.8. The van der Waals surface area contributed by atoms with Crippen LogP contribution in [0.5, 0.6) is 5.75 Å². The van der Waals surface area contributed by atoms with Gasteiger partial charge in [-0.25, -0.2) is 0 Å². The third-order valence-electron chi connectivity index (χ3n) is 4.26. The Kier molecular flexibility index (Phi) is 6.21. The van der Waals surface area contributed by atoms with Crippen LogP contribution < -0.4 is 0 Å². The van der Waals surface area contributed by atoms with Gasteiger partial charge < -0.3 is 14.9 Å². The van der Waals surface area contributed by atoms with Crippen molar-refractivity contribution in [1.29, 1.82) is 0 Å². The number of aliphatic hydroxyl groups is 1. The molecule has 1 atom stereocenters. The first-order chi connectivity index (χ1) is 10.6. The van der Waals surface area contributed by atoms with E-state index in [1.165, 1.54) is 0 Å². The summed E-state index contributed by atoms with van der Waals surface area (Å²) in [6, 6.07) is 7.15. The summed E-state index contributed by atoms with van der Waals surface area (Å²) in [6.07, 6.45) is 2.24. The Labute approximate surface area is 131 Å². The van der Waals surface area contributed by atoms with Crippen molar-refractivity contribution < 1.29 is 19.7 Å². The molecule has 0 bridgehead atoms. The molecule has 1 fully saturated rings. The Bertz CT molecular complexity index is 483. The zero-order valence-corrected chi connectivity index (χ0v) is 13.1. The molecule has 2 N–H and O–H groups in total. The minimum absolute atomic E-state index is 0.0173. The number of hydrogen-bond donors (Lipinski definition) is 2. The van der Waals surface area contributed by atoms with Crippen LogP contribution in [-0.2, 0) is 16.0 Å². The Morgan fingerprint density at radius 2 is 2.14 bits per heavy atom. The highest BCUT2D eigenvalue weighted by atomic mass is 16.5. The number of phenols is 1. The van der Waals surface area contributed by atoms with E-state index >= 15 is 0 Å². The number of carbonyl (C=O) groups is 1. The zero-order chi connectivity index (χ0) is 15.9. The maximum Gasteiger partial charge on any atom is 0.309 e. The van der Waals surface area contributed by atoms with Crippen molar-refractivity contribution in [1.82, 2.24) is 4.90 Å². The predicted octanol–water partition coefficient (Wildman–Crippen LogP) is 1.57. The molecule has 1 aromatic carbocycles. The highest BCUT2D eigenvalue weighted by Crippen LogP contribution is 2.22. The van der Waals surface area contributed by atoms with Crippen LogP contribution in [0.4, 0.5) is 0 Å². The van der Waals surface area contributed by atoms with Crippen LogP contribution in [0, 0.1) is 5.92 Å². The van der Waals surface area contributed by atoms with Gasteiger partial charge in [-0.15, -0.1) is 0 Å². The summed E-state index contributed by atoms with van der Waals surface area (Å²) in [5.74, 6) is 0.127. The molecule has 1 saturated heterocycles. The molecule has 1 aliphatic rings. The molecule has 122 valence electrons. The molecule has 5 nitrogen and oxygen atoms in total. The zero-order valence-electron chi connectivity index (χ0n) is 13.1. The molecule has 22 heavy (non-hydrogen) atoms. The van der Waals surface area contributed by atoms with E-state index in [-0.39, 0.29) is 30.3 Å². The van der Waals surface area contributed by atoms with Crippen LogP contribution in [0.1, 0.15) is 25.3 Å². The summed E-state index contributed by atoms with van der Waals surface area (Å²) >= 11 is 0. The quantitative estimate of drug-likeness (QED) is 0.781. The fourth-order valence-corrected chi connectivity index (χ4v) is 3.03. The van der Waals surface area contributed by atoms with E-state index in [9.17, 15) is 15.0 Å². The van der Waals surface area contributed by atoms with E-state index in [2.05, 4.69) is 4.90 Å². The Hall–Kier alpha value is -1.59. The van der Waals surface area contributed by atoms with Gasteiger partial charge in [-0.05, 0) is 57.0 Å². The lowest BCUT2D eigenvalue weighted by molar-refractivity contribution is -0.149. The number of esters is 1. The summed E-state index contributed by atoms with van der Waals surface area (Å²) < 4.78 is 5.08. The van der Waals surface area contributed by atoms with Crippen LogP contribution in [0.25, 0.3) is 0 Å². The third-order valence-corrected chi connectivity index (χ3v) is 4.26. The van der Waals surface area contributed by atoms with Gasteiger partial charge in [0.15, 0.2) is 0 Å². The molecule has 0 amide bonds. The van der Waals surface area contributed by atoms with Gasteiger partial charge in [0.25, 0.3) is 0 Å². The first-order valence-electron chi connectivity index (χ1n) is 7.93. The molecule has 0 radical (unpaired) electrons.